The van der Waals surface area contributed by atoms with Crippen LogP contribution in [0.1, 0.15) is 5.69 Å². The molecular weight excluding hydrogens is 347 g/mol. The topological polar surface area (TPSA) is 101 Å². The van der Waals surface area contributed by atoms with Crippen LogP contribution in [-0.4, -0.2) is 28.0 Å². The van der Waals surface area contributed by atoms with Crippen LogP contribution in [0.2, 0.25) is 5.02 Å². The molecule has 0 spiro atoms. The average molecular weight is 357 g/mol. The number of fused-ring (bicyclic) bond motifs is 1. The van der Waals surface area contributed by atoms with Crippen LogP contribution < -0.4 is 10.3 Å². The molecule has 0 fully saturated rings. The second-order valence-electron chi connectivity index (χ2n) is 4.56. The number of nitrogens with zero attached hydrogens (tertiary/aromatic N) is 4. The minimum absolute atomic E-state index is 0.100. The summed E-state index contributed by atoms with van der Waals surface area (Å²) in [6.07, 6.45) is 1.28. The van der Waals surface area contributed by atoms with Crippen LogP contribution in [0.25, 0.3) is 5.78 Å². The number of aryl methyl sites for hydroxylation is 1. The molecule has 0 unspecified atom stereocenters. The van der Waals surface area contributed by atoms with Crippen LogP contribution in [-0.2, 0) is 10.0 Å². The van der Waals surface area contributed by atoms with E-state index in [1.807, 2.05) is 0 Å². The first-order valence-electron chi connectivity index (χ1n) is 6.27. The van der Waals surface area contributed by atoms with Crippen LogP contribution in [0, 0.1) is 12.7 Å². The first-order valence-corrected chi connectivity index (χ1v) is 8.13. The van der Waals surface area contributed by atoms with Gasteiger partial charge < -0.3 is 0 Å². The molecule has 0 aliphatic carbocycles. The van der Waals surface area contributed by atoms with E-state index in [0.29, 0.717) is 11.5 Å². The fourth-order valence-corrected chi connectivity index (χ4v) is 2.96. The molecule has 0 atom stereocenters. The Bertz CT molecular complexity index is 990. The Hall–Kier alpha value is -2.30. The Kier molecular flexibility index (Phi) is 3.88. The third kappa shape index (κ3) is 3.09. The van der Waals surface area contributed by atoms with Crippen molar-refractivity contribution < 1.29 is 12.8 Å². The van der Waals surface area contributed by atoms with Crippen LogP contribution in [0.3, 0.4) is 0 Å². The molecule has 8 nitrogen and oxygen atoms in total. The van der Waals surface area contributed by atoms with Crippen molar-refractivity contribution in [2.45, 2.75) is 11.8 Å². The Balaban J connectivity index is 1.90. The number of rotatable bonds is 4. The van der Waals surface area contributed by atoms with Gasteiger partial charge in [0.25, 0.3) is 15.8 Å². The molecule has 0 aliphatic rings. The van der Waals surface area contributed by atoms with Gasteiger partial charge in [0.05, 0.1) is 0 Å². The highest BCUT2D eigenvalue weighted by molar-refractivity contribution is 7.89. The monoisotopic (exact) mass is 356 g/mol. The largest absolute Gasteiger partial charge is 0.292 e. The Labute approximate surface area is 135 Å². The fraction of sp³-hybridized carbons (Fsp3) is 0.0833. The lowest BCUT2D eigenvalue weighted by molar-refractivity contribution is 0.561. The van der Waals surface area contributed by atoms with Gasteiger partial charge in [-0.25, -0.2) is 17.8 Å². The van der Waals surface area contributed by atoms with E-state index in [9.17, 15) is 12.8 Å². The molecule has 2 heterocycles. The molecule has 120 valence electrons. The van der Waals surface area contributed by atoms with Gasteiger partial charge >= 0.3 is 0 Å². The minimum atomic E-state index is -4.15. The molecule has 0 saturated carbocycles. The van der Waals surface area contributed by atoms with Gasteiger partial charge in [-0.05, 0) is 25.1 Å². The number of hydrazine groups is 1. The normalized spacial score (nSPS) is 11.8. The number of sulfonamides is 1. The molecule has 0 bridgehead atoms. The van der Waals surface area contributed by atoms with Crippen molar-refractivity contribution in [2.75, 3.05) is 5.43 Å². The molecule has 0 saturated heterocycles. The maximum atomic E-state index is 13.8. The SMILES string of the molecule is Cc1cc(NNS(=O)(=O)c2ccc(Cl)cc2F)n2ncnc2n1. The zero-order chi connectivity index (χ0) is 16.6. The highest BCUT2D eigenvalue weighted by Gasteiger charge is 2.19. The smallest absolute Gasteiger partial charge is 0.260 e. The second-order valence-corrected chi connectivity index (χ2v) is 6.65. The van der Waals surface area contributed by atoms with E-state index < -0.39 is 20.7 Å². The summed E-state index contributed by atoms with van der Waals surface area (Å²) in [5.74, 6) is -0.379. The Morgan fingerprint density at radius 1 is 1.30 bits per heavy atom. The van der Waals surface area contributed by atoms with E-state index in [2.05, 4.69) is 25.3 Å². The summed E-state index contributed by atoms with van der Waals surface area (Å²) >= 11 is 5.61. The number of nitrogens with one attached hydrogen (secondary N) is 2. The summed E-state index contributed by atoms with van der Waals surface area (Å²) in [5.41, 5.74) is 3.08. The van der Waals surface area contributed by atoms with E-state index in [1.165, 1.54) is 16.9 Å². The maximum Gasteiger partial charge on any atom is 0.260 e. The van der Waals surface area contributed by atoms with Crippen molar-refractivity contribution in [1.29, 1.82) is 0 Å². The van der Waals surface area contributed by atoms with Crippen molar-refractivity contribution in [3.63, 3.8) is 0 Å². The molecule has 0 radical (unpaired) electrons. The molecule has 2 N–H and O–H groups in total. The van der Waals surface area contributed by atoms with E-state index >= 15 is 0 Å². The van der Waals surface area contributed by atoms with Gasteiger partial charge in [0, 0.05) is 16.8 Å². The van der Waals surface area contributed by atoms with E-state index in [-0.39, 0.29) is 10.8 Å². The Morgan fingerprint density at radius 3 is 2.83 bits per heavy atom. The molecule has 23 heavy (non-hydrogen) atoms. The molecule has 1 aromatic carbocycles. The van der Waals surface area contributed by atoms with Crippen molar-refractivity contribution in [3.8, 4) is 0 Å². The predicted molar refractivity (Wildman–Crippen MR) is 80.9 cm³/mol. The predicted octanol–water partition coefficient (Wildman–Crippen LogP) is 1.53. The van der Waals surface area contributed by atoms with Crippen LogP contribution >= 0.6 is 11.6 Å². The average Bonchev–Trinajstić information content (AvgIpc) is 2.92. The molecule has 0 amide bonds. The fourth-order valence-electron chi connectivity index (χ4n) is 1.89. The van der Waals surface area contributed by atoms with Crippen molar-refractivity contribution >= 4 is 33.2 Å². The number of aromatic nitrogens is 4. The highest BCUT2D eigenvalue weighted by atomic mass is 35.5. The van der Waals surface area contributed by atoms with Gasteiger partial charge in [0.2, 0.25) is 0 Å². The van der Waals surface area contributed by atoms with Crippen LogP contribution in [0.4, 0.5) is 10.2 Å². The number of anilines is 1. The van der Waals surface area contributed by atoms with Gasteiger partial charge in [-0.3, -0.25) is 5.43 Å². The van der Waals surface area contributed by atoms with E-state index in [4.69, 9.17) is 11.6 Å². The summed E-state index contributed by atoms with van der Waals surface area (Å²) in [7, 11) is -4.15. The first kappa shape index (κ1) is 15.6. The number of benzene rings is 1. The van der Waals surface area contributed by atoms with Gasteiger partial charge in [-0.15, -0.1) is 4.83 Å². The molecule has 2 aromatic heterocycles. The lowest BCUT2D eigenvalue weighted by Crippen LogP contribution is -2.31. The van der Waals surface area contributed by atoms with Gasteiger partial charge in [-0.1, -0.05) is 11.6 Å². The van der Waals surface area contributed by atoms with Crippen molar-refractivity contribution in [2.24, 2.45) is 0 Å². The maximum absolute atomic E-state index is 13.8. The number of hydrogen-bond donors (Lipinski definition) is 2. The lowest BCUT2D eigenvalue weighted by Gasteiger charge is -2.11. The van der Waals surface area contributed by atoms with Crippen LogP contribution in [0.5, 0.6) is 0 Å². The Morgan fingerprint density at radius 2 is 2.09 bits per heavy atom. The summed E-state index contributed by atoms with van der Waals surface area (Å²) in [6, 6.07) is 4.83. The standard InChI is InChI=1S/C12H10ClFN6O2S/c1-7-4-11(20-12(17-7)15-6-16-20)18-19-23(21,22)10-3-2-8(13)5-9(10)14/h2-6,18-19H,1H3. The van der Waals surface area contributed by atoms with Crippen LogP contribution in [0.15, 0.2) is 35.5 Å². The summed E-state index contributed by atoms with van der Waals surface area (Å²) in [6.45, 7) is 1.72. The highest BCUT2D eigenvalue weighted by Crippen LogP contribution is 2.19. The molecule has 11 heteroatoms. The van der Waals surface area contributed by atoms with Gasteiger partial charge in [-0.2, -0.15) is 14.6 Å². The number of hydrogen-bond acceptors (Lipinski definition) is 6. The molecule has 3 rings (SSSR count). The third-order valence-electron chi connectivity index (χ3n) is 2.88. The van der Waals surface area contributed by atoms with E-state index in [1.54, 1.807) is 13.0 Å². The first-order chi connectivity index (χ1) is 10.9. The second kappa shape index (κ2) is 5.72. The molecule has 3 aromatic rings. The quantitative estimate of drug-likeness (QED) is 0.687. The zero-order valence-corrected chi connectivity index (χ0v) is 13.2. The molecular formula is C12H10ClFN6O2S. The van der Waals surface area contributed by atoms with Gasteiger partial charge in [0.15, 0.2) is 0 Å². The third-order valence-corrected chi connectivity index (χ3v) is 4.39. The number of halogens is 2. The summed E-state index contributed by atoms with van der Waals surface area (Å²) in [5, 5.41) is 4.02. The molecule has 0 aliphatic heterocycles. The van der Waals surface area contributed by atoms with Crippen molar-refractivity contribution in [1.82, 2.24) is 24.4 Å². The van der Waals surface area contributed by atoms with Crippen molar-refractivity contribution in [3.05, 3.63) is 47.1 Å². The summed E-state index contributed by atoms with van der Waals surface area (Å²) < 4.78 is 39.4. The lowest BCUT2D eigenvalue weighted by atomic mass is 10.3. The van der Waals surface area contributed by atoms with E-state index in [0.717, 1.165) is 12.1 Å². The van der Waals surface area contributed by atoms with Gasteiger partial charge in [0.1, 0.15) is 22.9 Å². The zero-order valence-electron chi connectivity index (χ0n) is 11.7. The minimum Gasteiger partial charge on any atom is -0.292 e. The summed E-state index contributed by atoms with van der Waals surface area (Å²) in [4.78, 5) is 9.59.